The number of anilines is 2. The Labute approximate surface area is 322 Å². The van der Waals surface area contributed by atoms with Crippen molar-refractivity contribution in [2.75, 3.05) is 75.3 Å². The molecule has 294 valence electrons. The van der Waals surface area contributed by atoms with Gasteiger partial charge in [-0.2, -0.15) is 28.5 Å². The number of H-pyrrole nitrogens is 1. The van der Waals surface area contributed by atoms with E-state index in [9.17, 15) is 22.4 Å². The molecule has 1 saturated carbocycles. The molecule has 56 heavy (non-hydrogen) atoms. The summed E-state index contributed by atoms with van der Waals surface area (Å²) in [7, 11) is 0. The third-order valence-electron chi connectivity index (χ3n) is 12.9. The summed E-state index contributed by atoms with van der Waals surface area (Å²) in [6.45, 7) is 9.87. The summed E-state index contributed by atoms with van der Waals surface area (Å²) in [6, 6.07) is 8.21. The Morgan fingerprint density at radius 3 is 2.36 bits per heavy atom. The summed E-state index contributed by atoms with van der Waals surface area (Å²) in [5.74, 6) is -0.242. The molecule has 2 aromatic heterocycles. The number of aromatic amines is 1. The predicted molar refractivity (Wildman–Crippen MR) is 204 cm³/mol. The minimum atomic E-state index is -4.59. The number of hydrogen-bond acceptors (Lipinski definition) is 9. The number of piperidine rings is 2. The lowest BCUT2D eigenvalue weighted by molar-refractivity contribution is -0.153. The van der Waals surface area contributed by atoms with Crippen LogP contribution in [0.15, 0.2) is 36.8 Å². The molecule has 0 atom stereocenters. The maximum atomic E-state index is 14.1. The quantitative estimate of drug-likeness (QED) is 0.142. The number of alkyl halides is 3. The van der Waals surface area contributed by atoms with E-state index in [0.29, 0.717) is 60.8 Å². The van der Waals surface area contributed by atoms with Crippen molar-refractivity contribution in [1.29, 1.82) is 5.26 Å². The van der Waals surface area contributed by atoms with Gasteiger partial charge in [-0.1, -0.05) is 12.6 Å². The molecule has 1 amide bonds. The molecule has 0 unspecified atom stereocenters. The SMILES string of the molecule is C=C(F)C(=O)N1CC2(CCN(c3nc(N4CC5(CCN(CCC#N)CC5)C4)nc4c(OCC(F)(F)F)c(-c5c(C)ccc6[nH]ncc56)c(C5CC5)cc34)CC2)C1. The van der Waals surface area contributed by atoms with Crippen LogP contribution in [0.2, 0.25) is 0 Å². The number of ether oxygens (including phenoxy) is 1. The second kappa shape index (κ2) is 13.6. The van der Waals surface area contributed by atoms with Gasteiger partial charge >= 0.3 is 6.18 Å². The average Bonchev–Trinajstić information content (AvgIpc) is 3.89. The molecular formula is C41H45F4N9O2. The zero-order valence-electron chi connectivity index (χ0n) is 31.5. The van der Waals surface area contributed by atoms with E-state index in [1.165, 1.54) is 4.90 Å². The van der Waals surface area contributed by atoms with Crippen LogP contribution in [0.3, 0.4) is 0 Å². The molecule has 15 heteroatoms. The Morgan fingerprint density at radius 2 is 1.70 bits per heavy atom. The van der Waals surface area contributed by atoms with Crippen LogP contribution in [0.4, 0.5) is 29.3 Å². The van der Waals surface area contributed by atoms with E-state index in [-0.39, 0.29) is 22.5 Å². The van der Waals surface area contributed by atoms with Gasteiger partial charge in [-0.3, -0.25) is 9.89 Å². The largest absolute Gasteiger partial charge is 0.481 e. The van der Waals surface area contributed by atoms with Gasteiger partial charge in [0.05, 0.1) is 17.8 Å². The lowest BCUT2D eigenvalue weighted by Gasteiger charge is -2.54. The predicted octanol–water partition coefficient (Wildman–Crippen LogP) is 7.03. The van der Waals surface area contributed by atoms with E-state index in [1.54, 1.807) is 6.20 Å². The molecule has 11 nitrogen and oxygen atoms in total. The number of likely N-dealkylation sites (tertiary alicyclic amines) is 2. The number of hydrogen-bond donors (Lipinski definition) is 1. The van der Waals surface area contributed by atoms with Gasteiger partial charge in [-0.25, -0.2) is 9.37 Å². The van der Waals surface area contributed by atoms with Crippen molar-refractivity contribution >= 4 is 39.5 Å². The molecule has 6 heterocycles. The molecule has 2 spiro atoms. The van der Waals surface area contributed by atoms with Gasteiger partial charge in [-0.15, -0.1) is 0 Å². The lowest BCUT2D eigenvalue weighted by Crippen LogP contribution is -2.62. The first-order chi connectivity index (χ1) is 26.8. The third kappa shape index (κ3) is 6.59. The average molecular weight is 772 g/mol. The molecular weight excluding hydrogens is 727 g/mol. The van der Waals surface area contributed by atoms with Crippen LogP contribution < -0.4 is 14.5 Å². The Bertz CT molecular complexity index is 2250. The summed E-state index contributed by atoms with van der Waals surface area (Å²) in [6.07, 6.45) is 2.92. The van der Waals surface area contributed by atoms with E-state index in [0.717, 1.165) is 98.8 Å². The highest BCUT2D eigenvalue weighted by Gasteiger charge is 2.49. The first-order valence-corrected chi connectivity index (χ1v) is 19.6. The number of nitrogens with one attached hydrogen (secondary N) is 1. The topological polar surface area (TPSA) is 118 Å². The van der Waals surface area contributed by atoms with Gasteiger partial charge < -0.3 is 24.3 Å². The van der Waals surface area contributed by atoms with Crippen LogP contribution >= 0.6 is 0 Å². The summed E-state index contributed by atoms with van der Waals surface area (Å²) in [5.41, 5.74) is 4.30. The van der Waals surface area contributed by atoms with E-state index >= 15 is 0 Å². The number of nitriles is 1. The van der Waals surface area contributed by atoms with Crippen molar-refractivity contribution in [3.63, 3.8) is 0 Å². The molecule has 5 fully saturated rings. The highest BCUT2D eigenvalue weighted by Crippen LogP contribution is 2.54. The minimum absolute atomic E-state index is 0.0855. The number of aromatic nitrogens is 4. The normalized spacial score (nSPS) is 20.7. The number of aryl methyl sites for hydroxylation is 1. The fourth-order valence-electron chi connectivity index (χ4n) is 9.61. The monoisotopic (exact) mass is 771 g/mol. The number of nitrogens with zero attached hydrogens (tertiary/aromatic N) is 8. The van der Waals surface area contributed by atoms with Crippen LogP contribution in [-0.2, 0) is 4.79 Å². The zero-order chi connectivity index (χ0) is 39.0. The summed E-state index contributed by atoms with van der Waals surface area (Å²) in [4.78, 5) is 30.8. The van der Waals surface area contributed by atoms with Crippen molar-refractivity contribution in [2.45, 2.75) is 64.0 Å². The van der Waals surface area contributed by atoms with Crippen molar-refractivity contribution in [3.05, 3.63) is 47.9 Å². The molecule has 9 rings (SSSR count). The van der Waals surface area contributed by atoms with Crippen molar-refractivity contribution in [3.8, 4) is 22.9 Å². The maximum Gasteiger partial charge on any atom is 0.422 e. The number of carbonyl (C=O) groups excluding carboxylic acids is 1. The van der Waals surface area contributed by atoms with Crippen LogP contribution in [-0.4, -0.2) is 108 Å². The van der Waals surface area contributed by atoms with Crippen LogP contribution in [0, 0.1) is 29.1 Å². The summed E-state index contributed by atoms with van der Waals surface area (Å²) < 4.78 is 62.0. The summed E-state index contributed by atoms with van der Waals surface area (Å²) >= 11 is 0. The van der Waals surface area contributed by atoms with Gasteiger partial charge in [-0.05, 0) is 93.3 Å². The summed E-state index contributed by atoms with van der Waals surface area (Å²) in [5, 5.41) is 17.8. The Balaban J connectivity index is 1.15. The standard InChI is InChI=1S/C41H45F4N9O2/c1-25-4-7-31-30(19-47-50-31)32(25)33-28(27-5-6-27)18-29-34(35(33)56-24-41(43,44)45)48-38(54-22-39(23-54)8-14-51(15-9-39)13-3-12-46)49-36(29)52-16-10-40(11-17-52)20-53(21-40)37(55)26(2)42/h4,7,18-19,27H,2-3,5-6,8-11,13-17,20-24H2,1H3,(H,47,50). The first kappa shape index (κ1) is 36.7. The van der Waals surface area contributed by atoms with E-state index in [4.69, 9.17) is 20.0 Å². The molecule has 0 radical (unpaired) electrons. The number of benzene rings is 2. The fraction of sp³-hybridized carbons (Fsp3) is 0.537. The number of carbonyl (C=O) groups is 1. The highest BCUT2D eigenvalue weighted by molar-refractivity contribution is 6.06. The number of fused-ring (bicyclic) bond motifs is 2. The van der Waals surface area contributed by atoms with Crippen molar-refractivity contribution in [1.82, 2.24) is 30.0 Å². The molecule has 4 saturated heterocycles. The molecule has 2 aromatic carbocycles. The lowest BCUT2D eigenvalue weighted by atomic mass is 9.72. The van der Waals surface area contributed by atoms with Crippen molar-refractivity contribution < 1.29 is 27.1 Å². The number of rotatable bonds is 9. The molecule has 4 aromatic rings. The zero-order valence-corrected chi connectivity index (χ0v) is 31.5. The molecule has 0 bridgehead atoms. The van der Waals surface area contributed by atoms with Gasteiger partial charge in [0.15, 0.2) is 18.2 Å². The fourth-order valence-corrected chi connectivity index (χ4v) is 9.61. The van der Waals surface area contributed by atoms with Crippen LogP contribution in [0.25, 0.3) is 32.9 Å². The van der Waals surface area contributed by atoms with E-state index < -0.39 is 24.5 Å². The highest BCUT2D eigenvalue weighted by atomic mass is 19.4. The van der Waals surface area contributed by atoms with Crippen molar-refractivity contribution in [2.24, 2.45) is 10.8 Å². The molecule has 5 aliphatic rings. The Morgan fingerprint density at radius 1 is 1.00 bits per heavy atom. The van der Waals surface area contributed by atoms with Crippen LogP contribution in [0.5, 0.6) is 5.75 Å². The smallest absolute Gasteiger partial charge is 0.422 e. The van der Waals surface area contributed by atoms with Gasteiger partial charge in [0, 0.05) is 79.4 Å². The van der Waals surface area contributed by atoms with E-state index in [2.05, 4.69) is 43.6 Å². The van der Waals surface area contributed by atoms with Gasteiger partial charge in [0.25, 0.3) is 5.91 Å². The van der Waals surface area contributed by atoms with Gasteiger partial charge in [0.1, 0.15) is 11.3 Å². The van der Waals surface area contributed by atoms with Crippen LogP contribution in [0.1, 0.15) is 62.0 Å². The minimum Gasteiger partial charge on any atom is -0.481 e. The number of halogens is 4. The van der Waals surface area contributed by atoms with E-state index in [1.807, 2.05) is 19.1 Å². The number of amides is 1. The molecule has 4 aliphatic heterocycles. The Kier molecular flexibility index (Phi) is 8.90. The molecule has 1 N–H and O–H groups in total. The Hall–Kier alpha value is -4.97. The van der Waals surface area contributed by atoms with Gasteiger partial charge in [0.2, 0.25) is 5.95 Å². The second-order valence-corrected chi connectivity index (χ2v) is 16.8. The first-order valence-electron chi connectivity index (χ1n) is 19.6. The maximum absolute atomic E-state index is 14.1. The molecule has 1 aliphatic carbocycles. The second-order valence-electron chi connectivity index (χ2n) is 16.8. The third-order valence-corrected chi connectivity index (χ3v) is 12.9.